The Bertz CT molecular complexity index is 1280. The lowest BCUT2D eigenvalue weighted by Crippen LogP contribution is -2.32. The van der Waals surface area contributed by atoms with E-state index in [4.69, 9.17) is 0 Å². The first-order chi connectivity index (χ1) is 15.3. The van der Waals surface area contributed by atoms with Crippen LogP contribution in [0.15, 0.2) is 77.4 Å². The van der Waals surface area contributed by atoms with Crippen molar-refractivity contribution in [1.29, 1.82) is 0 Å². The minimum atomic E-state index is -0.481. The van der Waals surface area contributed by atoms with Crippen LogP contribution in [0.4, 0.5) is 11.4 Å². The first-order valence-corrected chi connectivity index (χ1v) is 11.6. The number of nitro benzene ring substituents is 1. The Hall–Kier alpha value is -2.80. The van der Waals surface area contributed by atoms with Crippen molar-refractivity contribution in [2.45, 2.75) is 6.92 Å². The Labute approximate surface area is 210 Å². The SMILES string of the molecule is C/C(=C1/N=C(c2ccccc2)N(c2ccc([N+](=O)[O-])cc2)C1=O)c1cc(I)c(O)c(I)c1. The summed E-state index contributed by atoms with van der Waals surface area (Å²) in [7, 11) is 0. The van der Waals surface area contributed by atoms with Crippen molar-refractivity contribution >= 4 is 73.9 Å². The maximum atomic E-state index is 13.5. The fourth-order valence-electron chi connectivity index (χ4n) is 3.31. The molecule has 0 aliphatic carbocycles. The van der Waals surface area contributed by atoms with Crippen LogP contribution in [0.3, 0.4) is 0 Å². The molecule has 3 aromatic rings. The molecular formula is C23H15I2N3O4. The molecule has 1 heterocycles. The highest BCUT2D eigenvalue weighted by Gasteiger charge is 2.34. The van der Waals surface area contributed by atoms with E-state index in [1.807, 2.05) is 82.4 Å². The van der Waals surface area contributed by atoms with E-state index in [1.54, 1.807) is 24.3 Å². The van der Waals surface area contributed by atoms with Gasteiger partial charge in [-0.15, -0.1) is 0 Å². The summed E-state index contributed by atoms with van der Waals surface area (Å²) in [6.07, 6.45) is 0. The molecule has 1 aliphatic heterocycles. The van der Waals surface area contributed by atoms with Gasteiger partial charge >= 0.3 is 0 Å². The third-order valence-corrected chi connectivity index (χ3v) is 6.64. The molecular weight excluding hydrogens is 636 g/mol. The smallest absolute Gasteiger partial charge is 0.283 e. The quantitative estimate of drug-likeness (QED) is 0.169. The normalized spacial score (nSPS) is 15.0. The van der Waals surface area contributed by atoms with E-state index in [-0.39, 0.29) is 23.0 Å². The highest BCUT2D eigenvalue weighted by atomic mass is 127. The Morgan fingerprint density at radius 3 is 2.19 bits per heavy atom. The summed E-state index contributed by atoms with van der Waals surface area (Å²) in [5.41, 5.74) is 2.90. The summed E-state index contributed by atoms with van der Waals surface area (Å²) in [5, 5.41) is 21.1. The van der Waals surface area contributed by atoms with E-state index in [2.05, 4.69) is 4.99 Å². The van der Waals surface area contributed by atoms with Crippen LogP contribution in [0.25, 0.3) is 5.57 Å². The van der Waals surface area contributed by atoms with Gasteiger partial charge in [0.1, 0.15) is 17.3 Å². The van der Waals surface area contributed by atoms with Crippen molar-refractivity contribution in [3.8, 4) is 5.75 Å². The molecule has 4 rings (SSSR count). The molecule has 0 bridgehead atoms. The summed E-state index contributed by atoms with van der Waals surface area (Å²) >= 11 is 4.10. The minimum absolute atomic E-state index is 0.0567. The molecule has 0 saturated carbocycles. The van der Waals surface area contributed by atoms with E-state index in [1.165, 1.54) is 17.0 Å². The second kappa shape index (κ2) is 8.98. The van der Waals surface area contributed by atoms with Gasteiger partial charge in [0.05, 0.1) is 17.8 Å². The second-order valence-electron chi connectivity index (χ2n) is 6.98. The number of carbonyl (C=O) groups excluding carboxylic acids is 1. The zero-order chi connectivity index (χ0) is 23.0. The first-order valence-electron chi connectivity index (χ1n) is 9.40. The summed E-state index contributed by atoms with van der Waals surface area (Å²) in [6.45, 7) is 1.82. The van der Waals surface area contributed by atoms with E-state index in [0.29, 0.717) is 24.2 Å². The molecule has 1 aliphatic rings. The van der Waals surface area contributed by atoms with E-state index in [0.717, 1.165) is 11.1 Å². The average Bonchev–Trinajstić information content (AvgIpc) is 3.14. The van der Waals surface area contributed by atoms with E-state index < -0.39 is 4.92 Å². The zero-order valence-electron chi connectivity index (χ0n) is 16.6. The van der Waals surface area contributed by atoms with Gasteiger partial charge < -0.3 is 5.11 Å². The molecule has 0 aromatic heterocycles. The maximum absolute atomic E-state index is 13.5. The molecule has 3 aromatic carbocycles. The number of aromatic hydroxyl groups is 1. The molecule has 0 unspecified atom stereocenters. The lowest BCUT2D eigenvalue weighted by atomic mass is 10.0. The van der Waals surface area contributed by atoms with Crippen molar-refractivity contribution in [2.24, 2.45) is 4.99 Å². The van der Waals surface area contributed by atoms with Gasteiger partial charge in [-0.05, 0) is 87.5 Å². The van der Waals surface area contributed by atoms with Gasteiger partial charge in [0, 0.05) is 17.7 Å². The largest absolute Gasteiger partial charge is 0.506 e. The number of allylic oxidation sites excluding steroid dienone is 1. The molecule has 7 nitrogen and oxygen atoms in total. The third kappa shape index (κ3) is 4.13. The molecule has 0 saturated heterocycles. The van der Waals surface area contributed by atoms with Gasteiger partial charge in [-0.25, -0.2) is 4.99 Å². The Morgan fingerprint density at radius 2 is 1.62 bits per heavy atom. The fraction of sp³-hybridized carbons (Fsp3) is 0.0435. The van der Waals surface area contributed by atoms with E-state index in [9.17, 15) is 20.0 Å². The summed E-state index contributed by atoms with van der Waals surface area (Å²) < 4.78 is 1.35. The highest BCUT2D eigenvalue weighted by Crippen LogP contribution is 2.35. The van der Waals surface area contributed by atoms with Gasteiger partial charge in [0.15, 0.2) is 0 Å². The Morgan fingerprint density at radius 1 is 1.03 bits per heavy atom. The van der Waals surface area contributed by atoms with Gasteiger partial charge in [-0.3, -0.25) is 19.8 Å². The number of phenols is 1. The standard InChI is InChI=1S/C23H15I2N3O4/c1-13(15-11-18(24)21(29)19(25)12-15)20-23(30)27(16-7-9-17(10-8-16)28(31)32)22(26-20)14-5-3-2-4-6-14/h2-12,29H,1H3/b20-13-. The predicted molar refractivity (Wildman–Crippen MR) is 140 cm³/mol. The number of nitro groups is 1. The Balaban J connectivity index is 1.87. The van der Waals surface area contributed by atoms with Crippen LogP contribution in [-0.2, 0) is 4.79 Å². The van der Waals surface area contributed by atoms with Gasteiger partial charge in [0.25, 0.3) is 11.6 Å². The lowest BCUT2D eigenvalue weighted by Gasteiger charge is -2.18. The summed E-state index contributed by atoms with van der Waals surface area (Å²) in [6, 6.07) is 18.7. The van der Waals surface area contributed by atoms with Crippen LogP contribution < -0.4 is 4.90 Å². The number of carbonyl (C=O) groups is 1. The monoisotopic (exact) mass is 651 g/mol. The van der Waals surface area contributed by atoms with Crippen molar-refractivity contribution in [1.82, 2.24) is 0 Å². The topological polar surface area (TPSA) is 96.0 Å². The minimum Gasteiger partial charge on any atom is -0.506 e. The first kappa shape index (κ1) is 22.4. The van der Waals surface area contributed by atoms with Crippen LogP contribution in [0, 0.1) is 17.3 Å². The van der Waals surface area contributed by atoms with Crippen molar-refractivity contribution in [3.05, 3.63) is 101 Å². The molecule has 1 N–H and O–H groups in total. The number of non-ortho nitro benzene ring substituents is 1. The van der Waals surface area contributed by atoms with Crippen LogP contribution >= 0.6 is 45.2 Å². The molecule has 1 amide bonds. The number of phenolic OH excluding ortho intramolecular Hbond substituents is 1. The number of amides is 1. The third-order valence-electron chi connectivity index (χ3n) is 4.99. The van der Waals surface area contributed by atoms with Crippen LogP contribution in [0.1, 0.15) is 18.1 Å². The number of nitrogens with zero attached hydrogens (tertiary/aromatic N) is 3. The lowest BCUT2D eigenvalue weighted by molar-refractivity contribution is -0.384. The number of aliphatic imine (C=N–C) groups is 1. The molecule has 0 spiro atoms. The summed E-state index contributed by atoms with van der Waals surface area (Å²) in [4.78, 5) is 30.2. The van der Waals surface area contributed by atoms with Crippen molar-refractivity contribution in [2.75, 3.05) is 4.90 Å². The average molecular weight is 651 g/mol. The number of halogens is 2. The second-order valence-corrected chi connectivity index (χ2v) is 9.30. The maximum Gasteiger partial charge on any atom is 0.283 e. The fourth-order valence-corrected chi connectivity index (χ4v) is 5.08. The van der Waals surface area contributed by atoms with Crippen molar-refractivity contribution in [3.63, 3.8) is 0 Å². The molecule has 160 valence electrons. The van der Waals surface area contributed by atoms with Crippen LogP contribution in [-0.4, -0.2) is 21.8 Å². The number of hydrogen-bond acceptors (Lipinski definition) is 5. The number of rotatable bonds is 4. The zero-order valence-corrected chi connectivity index (χ0v) is 20.9. The predicted octanol–water partition coefficient (Wildman–Crippen LogP) is 5.73. The number of benzene rings is 3. The van der Waals surface area contributed by atoms with Gasteiger partial charge in [-0.1, -0.05) is 30.3 Å². The number of anilines is 1. The summed E-state index contributed by atoms with van der Waals surface area (Å²) in [5.74, 6) is 0.321. The van der Waals surface area contributed by atoms with Crippen molar-refractivity contribution < 1.29 is 14.8 Å². The van der Waals surface area contributed by atoms with E-state index >= 15 is 0 Å². The molecule has 32 heavy (non-hydrogen) atoms. The molecule has 9 heteroatoms. The number of hydrogen-bond donors (Lipinski definition) is 1. The van der Waals surface area contributed by atoms with Crippen LogP contribution in [0.2, 0.25) is 0 Å². The van der Waals surface area contributed by atoms with Gasteiger partial charge in [-0.2, -0.15) is 0 Å². The molecule has 0 atom stereocenters. The molecule has 0 radical (unpaired) electrons. The number of amidine groups is 1. The van der Waals surface area contributed by atoms with Crippen LogP contribution in [0.5, 0.6) is 5.75 Å². The Kier molecular flexibility index (Phi) is 6.29. The van der Waals surface area contributed by atoms with Gasteiger partial charge in [0.2, 0.25) is 0 Å². The molecule has 0 fully saturated rings. The highest BCUT2D eigenvalue weighted by molar-refractivity contribution is 14.1.